The van der Waals surface area contributed by atoms with Gasteiger partial charge in [0.1, 0.15) is 29.9 Å². The molecule has 1 saturated heterocycles. The van der Waals surface area contributed by atoms with Gasteiger partial charge in [0.05, 0.1) is 25.1 Å². The molecule has 444 valence electrons. The Kier molecular flexibility index (Phi) is 22.3. The SMILES string of the molecule is CCOc1ccc(C[C@H](N)C(=O)N[C@@H](Cc2ccccc2)C(=O)N[C@H](C(=O)N[C@@H](CC(N)=O)C(=O)N2CCC[C@@]2(C(=O)CC23CC4CC(CC(C4)C2)C3)C(=O)N(C(=O)C(N)CC)[C@@H](CCCN=C(N)N)C(=O)NCCN)C(C)C)cc1. The molecule has 5 fully saturated rings. The molecule has 4 bridgehead atoms. The Morgan fingerprint density at radius 3 is 1.95 bits per heavy atom. The van der Waals surface area contributed by atoms with E-state index in [0.717, 1.165) is 53.9 Å². The number of nitrogens with two attached hydrogens (primary N) is 6. The van der Waals surface area contributed by atoms with Gasteiger partial charge in [-0.2, -0.15) is 0 Å². The van der Waals surface area contributed by atoms with Gasteiger partial charge in [-0.1, -0.05) is 63.2 Å². The number of carbonyl (C=O) groups excluding carboxylic acids is 9. The standard InChI is InChI=1S/C58H87N13O10/c1-5-41(60)53(78)71(45(51(76)65-22-20-59)14-10-21-66-56(63)64)55(80)58(46(72)33-57-30-37-24-38(31-57)26-39(25-37)32-57)19-11-23-70(58)54(79)44(29-47(62)73)68-52(77)48(34(3)4)69-50(75)43(28-35-12-8-7-9-13-35)67-49(74)42(61)27-36-15-17-40(18-16-36)81-6-2/h7-9,12-13,15-18,34,37-39,41-45,48H,5-6,10-11,14,19-33,59-61H2,1-4H3,(H2,62,73)(H,65,76)(H,67,74)(H,68,77)(H,69,75)(H4,63,64,66)/t37?,38?,39?,41?,42-,43-,44-,45-,48-,57?,58+/m0/s1. The van der Waals surface area contributed by atoms with Gasteiger partial charge in [0, 0.05) is 39.0 Å². The van der Waals surface area contributed by atoms with Crippen LogP contribution in [0, 0.1) is 29.1 Å². The molecule has 1 aliphatic heterocycles. The van der Waals surface area contributed by atoms with Crippen molar-refractivity contribution in [1.82, 2.24) is 31.1 Å². The molecule has 7 atom stereocenters. The number of carbonyl (C=O) groups is 9. The summed E-state index contributed by atoms with van der Waals surface area (Å²) in [5, 5.41) is 10.8. The maximum absolute atomic E-state index is 16.2. The molecule has 1 heterocycles. The third-order valence-electron chi connectivity index (χ3n) is 16.6. The first-order valence-electron chi connectivity index (χ1n) is 28.8. The molecule has 1 unspecified atom stereocenters. The molecule has 0 spiro atoms. The smallest absolute Gasteiger partial charge is 0.263 e. The minimum Gasteiger partial charge on any atom is -0.494 e. The van der Waals surface area contributed by atoms with E-state index in [9.17, 15) is 28.8 Å². The lowest BCUT2D eigenvalue weighted by Crippen LogP contribution is -2.70. The highest BCUT2D eigenvalue weighted by Gasteiger charge is 2.62. The number of imide groups is 1. The average molecular weight is 1130 g/mol. The Balaban J connectivity index is 1.34. The average Bonchev–Trinajstić information content (AvgIpc) is 3.97. The minimum absolute atomic E-state index is 0.000244. The van der Waals surface area contributed by atoms with Crippen LogP contribution in [-0.2, 0) is 56.0 Å². The molecule has 81 heavy (non-hydrogen) atoms. The quantitative estimate of drug-likeness (QED) is 0.0218. The number of hydrogen-bond acceptors (Lipinski definition) is 14. The zero-order valence-electron chi connectivity index (χ0n) is 47.5. The van der Waals surface area contributed by atoms with Gasteiger partial charge in [-0.15, -0.1) is 0 Å². The second-order valence-corrected chi connectivity index (χ2v) is 23.1. The van der Waals surface area contributed by atoms with Crippen molar-refractivity contribution in [3.05, 3.63) is 65.7 Å². The lowest BCUT2D eigenvalue weighted by atomic mass is 9.48. The van der Waals surface area contributed by atoms with Gasteiger partial charge in [0.2, 0.25) is 41.4 Å². The monoisotopic (exact) mass is 1130 g/mol. The van der Waals surface area contributed by atoms with Crippen LogP contribution in [0.5, 0.6) is 5.75 Å². The number of nitrogens with one attached hydrogen (secondary N) is 4. The Morgan fingerprint density at radius 1 is 0.765 bits per heavy atom. The van der Waals surface area contributed by atoms with E-state index in [4.69, 9.17) is 39.1 Å². The first-order chi connectivity index (χ1) is 38.5. The Bertz CT molecular complexity index is 2560. The summed E-state index contributed by atoms with van der Waals surface area (Å²) in [6.45, 7) is 7.01. The molecule has 16 N–H and O–H groups in total. The van der Waals surface area contributed by atoms with Gasteiger partial charge in [-0.25, -0.2) is 0 Å². The van der Waals surface area contributed by atoms with Crippen LogP contribution in [0.3, 0.4) is 0 Å². The van der Waals surface area contributed by atoms with E-state index in [-0.39, 0.29) is 83.5 Å². The topological polar surface area (TPSA) is 386 Å². The Hall–Kier alpha value is -6.98. The zero-order valence-corrected chi connectivity index (χ0v) is 47.5. The molecule has 0 aromatic heterocycles. The molecular weight excluding hydrogens is 1040 g/mol. The molecule has 7 rings (SSSR count). The number of amides is 8. The number of benzene rings is 2. The van der Waals surface area contributed by atoms with E-state index < -0.39 is 113 Å². The van der Waals surface area contributed by atoms with E-state index in [1.54, 1.807) is 75.4 Å². The maximum Gasteiger partial charge on any atom is 0.263 e. The number of rotatable bonds is 30. The highest BCUT2D eigenvalue weighted by atomic mass is 16.5. The second-order valence-electron chi connectivity index (χ2n) is 23.1. The van der Waals surface area contributed by atoms with Gasteiger partial charge >= 0.3 is 0 Å². The number of primary amides is 1. The largest absolute Gasteiger partial charge is 0.494 e. The summed E-state index contributed by atoms with van der Waals surface area (Å²) in [6.07, 6.45) is 4.36. The summed E-state index contributed by atoms with van der Waals surface area (Å²) in [5.74, 6) is -6.95. The van der Waals surface area contributed by atoms with Crippen LogP contribution in [0.15, 0.2) is 59.6 Å². The lowest BCUT2D eigenvalue weighted by molar-refractivity contribution is -0.167. The fraction of sp³-hybridized carbons (Fsp3) is 0.621. The maximum atomic E-state index is 16.2. The van der Waals surface area contributed by atoms with Gasteiger partial charge in [-0.05, 0) is 136 Å². The first-order valence-corrected chi connectivity index (χ1v) is 28.8. The van der Waals surface area contributed by atoms with Crippen molar-refractivity contribution in [2.24, 2.45) is 68.5 Å². The highest BCUT2D eigenvalue weighted by molar-refractivity contribution is 6.19. The van der Waals surface area contributed by atoms with Crippen LogP contribution in [-0.4, -0.2) is 143 Å². The van der Waals surface area contributed by atoms with Crippen LogP contribution < -0.4 is 60.4 Å². The molecule has 4 saturated carbocycles. The molecule has 5 aliphatic rings. The number of Topliss-reactive ketones (excluding diaryl/α,β-unsaturated/α-hetero) is 1. The van der Waals surface area contributed by atoms with Crippen molar-refractivity contribution in [2.75, 3.05) is 32.8 Å². The van der Waals surface area contributed by atoms with Crippen molar-refractivity contribution in [3.8, 4) is 5.75 Å². The number of nitrogens with zero attached hydrogens (tertiary/aromatic N) is 3. The van der Waals surface area contributed by atoms with E-state index in [2.05, 4.69) is 26.3 Å². The van der Waals surface area contributed by atoms with E-state index in [1.807, 2.05) is 6.92 Å². The number of ether oxygens (including phenoxy) is 1. The molecule has 8 amide bonds. The second kappa shape index (κ2) is 28.6. The van der Waals surface area contributed by atoms with Crippen LogP contribution >= 0.6 is 0 Å². The normalized spacial score (nSPS) is 23.0. The summed E-state index contributed by atoms with van der Waals surface area (Å²) >= 11 is 0. The van der Waals surface area contributed by atoms with Crippen LogP contribution in [0.25, 0.3) is 0 Å². The number of aliphatic imine (C=N–C) groups is 1. The highest BCUT2D eigenvalue weighted by Crippen LogP contribution is 2.62. The van der Waals surface area contributed by atoms with Crippen molar-refractivity contribution in [3.63, 3.8) is 0 Å². The van der Waals surface area contributed by atoms with Crippen molar-refractivity contribution in [1.29, 1.82) is 0 Å². The summed E-state index contributed by atoms with van der Waals surface area (Å²) in [4.78, 5) is 138. The number of ketones is 1. The van der Waals surface area contributed by atoms with Crippen LogP contribution in [0.4, 0.5) is 0 Å². The van der Waals surface area contributed by atoms with Gasteiger partial charge in [0.15, 0.2) is 17.3 Å². The molecular formula is C58H87N13O10. The summed E-state index contributed by atoms with van der Waals surface area (Å²) in [6, 6.07) is 7.56. The number of likely N-dealkylation sites (tertiary alicyclic amines) is 1. The molecule has 23 nitrogen and oxygen atoms in total. The summed E-state index contributed by atoms with van der Waals surface area (Å²) < 4.78 is 5.53. The third kappa shape index (κ3) is 15.9. The van der Waals surface area contributed by atoms with E-state index in [0.29, 0.717) is 35.7 Å². The van der Waals surface area contributed by atoms with Crippen molar-refractivity contribution >= 4 is 59.0 Å². The van der Waals surface area contributed by atoms with Gasteiger partial charge < -0.3 is 65.3 Å². The van der Waals surface area contributed by atoms with E-state index in [1.165, 1.54) is 0 Å². The molecule has 4 aliphatic carbocycles. The predicted octanol–water partition coefficient (Wildman–Crippen LogP) is 0.310. The Morgan fingerprint density at radius 2 is 1.38 bits per heavy atom. The molecule has 0 radical (unpaired) electrons. The lowest BCUT2D eigenvalue weighted by Gasteiger charge is -2.57. The van der Waals surface area contributed by atoms with Crippen LogP contribution in [0.2, 0.25) is 0 Å². The Labute approximate surface area is 474 Å². The fourth-order valence-corrected chi connectivity index (χ4v) is 13.1. The first kappa shape index (κ1) is 63.2. The minimum atomic E-state index is -2.43. The number of guanidine groups is 1. The molecule has 2 aromatic rings. The van der Waals surface area contributed by atoms with Gasteiger partial charge in [-0.3, -0.25) is 53.0 Å². The van der Waals surface area contributed by atoms with E-state index >= 15 is 14.4 Å². The molecule has 2 aromatic carbocycles. The zero-order chi connectivity index (χ0) is 59.2. The number of hydrogen-bond donors (Lipinski definition) is 10. The summed E-state index contributed by atoms with van der Waals surface area (Å²) in [5.41, 5.74) is 34.2. The third-order valence-corrected chi connectivity index (χ3v) is 16.6. The van der Waals surface area contributed by atoms with Gasteiger partial charge in [0.25, 0.3) is 5.91 Å². The fourth-order valence-electron chi connectivity index (χ4n) is 13.1. The van der Waals surface area contributed by atoms with Crippen LogP contribution in [0.1, 0.15) is 122 Å². The molecule has 23 heteroatoms. The summed E-state index contributed by atoms with van der Waals surface area (Å²) in [7, 11) is 0. The van der Waals surface area contributed by atoms with Crippen molar-refractivity contribution in [2.45, 2.75) is 166 Å². The van der Waals surface area contributed by atoms with Crippen molar-refractivity contribution < 1.29 is 47.9 Å². The predicted molar refractivity (Wildman–Crippen MR) is 304 cm³/mol.